The van der Waals surface area contributed by atoms with Crippen LogP contribution in [0.5, 0.6) is 5.75 Å². The number of carboxylic acids is 1. The number of anilines is 2. The molecular formula is C35H26KN5O4S2. The van der Waals surface area contributed by atoms with Gasteiger partial charge in [-0.2, -0.15) is 0 Å². The van der Waals surface area contributed by atoms with Crippen molar-refractivity contribution in [3.63, 3.8) is 0 Å². The summed E-state index contributed by atoms with van der Waals surface area (Å²) < 4.78 is 16.2. The number of nitrogens with one attached hydrogen (secondary N) is 2. The summed E-state index contributed by atoms with van der Waals surface area (Å²) in [5.74, 6) is 17.0. The van der Waals surface area contributed by atoms with Crippen molar-refractivity contribution in [1.82, 2.24) is 14.3 Å². The Hall–Kier alpha value is -4.05. The molecule has 0 amide bonds. The molecule has 2 unspecified atom stereocenters. The molecule has 9 nitrogen and oxygen atoms in total. The van der Waals surface area contributed by atoms with Gasteiger partial charge in [-0.1, -0.05) is 30.2 Å². The van der Waals surface area contributed by atoms with Crippen LogP contribution in [-0.2, 0) is 9.53 Å². The first-order chi connectivity index (χ1) is 22.4. The summed E-state index contributed by atoms with van der Waals surface area (Å²) in [6, 6.07) is 21.8. The fourth-order valence-electron chi connectivity index (χ4n) is 5.03. The average Bonchev–Trinajstić information content (AvgIpc) is 3.37. The van der Waals surface area contributed by atoms with Crippen LogP contribution < -0.4 is 71.4 Å². The third-order valence-electron chi connectivity index (χ3n) is 7.11. The van der Waals surface area contributed by atoms with Gasteiger partial charge in [0.05, 0.1) is 36.0 Å². The Labute approximate surface area is 325 Å². The molecular weight excluding hydrogens is 658 g/mol. The second kappa shape index (κ2) is 17.2. The molecule has 2 N–H and O–H groups in total. The molecule has 0 aliphatic carbocycles. The Morgan fingerprint density at radius 3 is 2.51 bits per heavy atom. The number of H-pyrrole nitrogens is 1. The van der Waals surface area contributed by atoms with Gasteiger partial charge in [0.25, 0.3) is 0 Å². The van der Waals surface area contributed by atoms with E-state index in [2.05, 4.69) is 51.9 Å². The zero-order valence-electron chi connectivity index (χ0n) is 25.6. The fourth-order valence-corrected chi connectivity index (χ4v) is 5.71. The van der Waals surface area contributed by atoms with E-state index in [0.29, 0.717) is 21.0 Å². The topological polar surface area (TPSA) is 99.5 Å². The van der Waals surface area contributed by atoms with E-state index < -0.39 is 18.1 Å². The van der Waals surface area contributed by atoms with Crippen molar-refractivity contribution in [3.05, 3.63) is 87.9 Å². The second-order valence-electron chi connectivity index (χ2n) is 9.81. The first-order valence-electron chi connectivity index (χ1n) is 14.0. The number of aliphatic carboxylic acids is 1. The predicted octanol–water partition coefficient (Wildman–Crippen LogP) is 1.17. The van der Waals surface area contributed by atoms with Crippen molar-refractivity contribution in [2.75, 3.05) is 30.6 Å². The molecule has 0 saturated carbocycles. The Kier molecular flexibility index (Phi) is 13.1. The molecule has 12 heteroatoms. The smallest absolute Gasteiger partial charge is 0.548 e. The third kappa shape index (κ3) is 8.65. The maximum absolute atomic E-state index is 12.0. The molecule has 1 aliphatic rings. The van der Waals surface area contributed by atoms with Crippen molar-refractivity contribution in [2.24, 2.45) is 0 Å². The summed E-state index contributed by atoms with van der Waals surface area (Å²) in [5, 5.41) is 18.5. The molecule has 228 valence electrons. The normalized spacial score (nSPS) is 14.3. The van der Waals surface area contributed by atoms with Crippen molar-refractivity contribution in [3.8, 4) is 65.0 Å². The molecule has 47 heavy (non-hydrogen) atoms. The van der Waals surface area contributed by atoms with E-state index in [1.165, 1.54) is 7.11 Å². The number of aromatic amines is 1. The van der Waals surface area contributed by atoms with E-state index in [9.17, 15) is 9.90 Å². The average molecular weight is 684 g/mol. The van der Waals surface area contributed by atoms with Crippen molar-refractivity contribution < 1.29 is 70.8 Å². The summed E-state index contributed by atoms with van der Waals surface area (Å²) in [6.45, 7) is 0.265. The maximum Gasteiger partial charge on any atom is 1.00 e. The molecule has 0 bridgehead atoms. The molecule has 0 saturated heterocycles. The minimum Gasteiger partial charge on any atom is -0.548 e. The van der Waals surface area contributed by atoms with Crippen LogP contribution in [0, 0.1) is 57.4 Å². The number of methoxy groups -OCH3 is 1. The number of para-hydroxylation sites is 1. The summed E-state index contributed by atoms with van der Waals surface area (Å²) in [7, 11) is 1.54. The first kappa shape index (κ1) is 35.8. The van der Waals surface area contributed by atoms with Crippen LogP contribution in [0.1, 0.15) is 18.1 Å². The van der Waals surface area contributed by atoms with Gasteiger partial charge in [-0.05, 0) is 108 Å². The van der Waals surface area contributed by atoms with Gasteiger partial charge in [-0.25, -0.2) is 4.68 Å². The number of benzene rings is 3. The standard InChI is InChI=1S/C35H27N5O4S2.K/c1-3-4-5-6-7-8-12-20-38-30-19-18-28(22-29(30)32(43-2)23-31(38)33(41)42)44-24-36-25-14-13-17-27(21-25)39-34(45)37-40(35(39)46)26-15-10-9-11-16-26;/h1,9-11,13-19,21-22,31-32,36H,20,23-24H2,2H3,(H,37,45)(H,41,42);/q;+1/p-1. The Bertz CT molecular complexity index is 2120. The number of aromatic nitrogens is 3. The number of hydrogen-bond donors (Lipinski definition) is 2. The van der Waals surface area contributed by atoms with Crippen molar-refractivity contribution in [1.29, 1.82) is 0 Å². The molecule has 3 aromatic carbocycles. The SMILES string of the molecule is C#CC#CC#CC#CCN1c2ccc(OCNc3cccc(-n4c(=S)[nH]n(-c5ccccc5)c4=S)c3)cc2C(OC)CC1C(=O)[O-].[K+]. The molecule has 0 spiro atoms. The van der Waals surface area contributed by atoms with Gasteiger partial charge < -0.3 is 29.6 Å². The van der Waals surface area contributed by atoms with Crippen LogP contribution in [-0.4, -0.2) is 46.7 Å². The zero-order chi connectivity index (χ0) is 32.5. The van der Waals surface area contributed by atoms with Crippen LogP contribution in [0.3, 0.4) is 0 Å². The van der Waals surface area contributed by atoms with Crippen molar-refractivity contribution in [2.45, 2.75) is 18.6 Å². The van der Waals surface area contributed by atoms with Crippen LogP contribution in [0.25, 0.3) is 11.4 Å². The molecule has 1 aromatic heterocycles. The first-order valence-corrected chi connectivity index (χ1v) is 14.8. The molecule has 4 aromatic rings. The summed E-state index contributed by atoms with van der Waals surface area (Å²) in [5.41, 5.74) is 3.90. The quantitative estimate of drug-likeness (QED) is 0.118. The Morgan fingerprint density at radius 1 is 1.02 bits per heavy atom. The summed E-state index contributed by atoms with van der Waals surface area (Å²) in [4.78, 5) is 13.7. The summed E-state index contributed by atoms with van der Waals surface area (Å²) in [6.07, 6.45) is 4.76. The van der Waals surface area contributed by atoms with E-state index in [-0.39, 0.29) is 71.1 Å². The Morgan fingerprint density at radius 2 is 1.77 bits per heavy atom. The predicted molar refractivity (Wildman–Crippen MR) is 179 cm³/mol. The number of carboxylic acid groups (broad SMARTS) is 1. The number of carbonyl (C=O) groups excluding carboxylic acids is 1. The van der Waals surface area contributed by atoms with E-state index >= 15 is 0 Å². The number of terminal acetylenes is 1. The number of ether oxygens (including phenoxy) is 2. The minimum absolute atomic E-state index is 0. The van der Waals surface area contributed by atoms with Crippen LogP contribution in [0.2, 0.25) is 0 Å². The van der Waals surface area contributed by atoms with Crippen molar-refractivity contribution >= 4 is 41.8 Å². The number of carbonyl (C=O) groups is 1. The third-order valence-corrected chi connectivity index (χ3v) is 7.75. The Balaban J connectivity index is 0.00000500. The monoisotopic (exact) mass is 683 g/mol. The van der Waals surface area contributed by atoms with E-state index in [0.717, 1.165) is 22.6 Å². The number of hydrogen-bond acceptors (Lipinski definition) is 8. The largest absolute Gasteiger partial charge is 1.00 e. The molecule has 0 fully saturated rings. The van der Waals surface area contributed by atoms with Gasteiger partial charge >= 0.3 is 51.4 Å². The minimum atomic E-state index is -1.22. The summed E-state index contributed by atoms with van der Waals surface area (Å²) >= 11 is 11.3. The van der Waals surface area contributed by atoms with Gasteiger partial charge in [0.15, 0.2) is 11.5 Å². The molecule has 5 rings (SSSR count). The van der Waals surface area contributed by atoms with Gasteiger partial charge in [-0.15, -0.1) is 6.42 Å². The van der Waals surface area contributed by atoms with Gasteiger partial charge in [0.1, 0.15) is 5.75 Å². The molecule has 1 aliphatic heterocycles. The number of nitrogens with zero attached hydrogens (tertiary/aromatic N) is 3. The van der Waals surface area contributed by atoms with Crippen LogP contribution >= 0.6 is 24.4 Å². The fraction of sp³-hybridized carbons (Fsp3) is 0.171. The number of fused-ring (bicyclic) bond motifs is 1. The second-order valence-corrected chi connectivity index (χ2v) is 10.6. The van der Waals surface area contributed by atoms with Gasteiger partial charge in [0.2, 0.25) is 4.77 Å². The zero-order valence-corrected chi connectivity index (χ0v) is 30.3. The van der Waals surface area contributed by atoms with E-state index in [1.54, 1.807) is 26.3 Å². The van der Waals surface area contributed by atoms with Crippen LogP contribution in [0.15, 0.2) is 72.8 Å². The van der Waals surface area contributed by atoms with Crippen LogP contribution in [0.4, 0.5) is 11.4 Å². The van der Waals surface area contributed by atoms with E-state index in [1.807, 2.05) is 60.7 Å². The molecule has 0 radical (unpaired) electrons. The van der Waals surface area contributed by atoms with Gasteiger partial charge in [-0.3, -0.25) is 9.67 Å². The van der Waals surface area contributed by atoms with E-state index in [4.69, 9.17) is 40.3 Å². The maximum atomic E-state index is 12.0. The van der Waals surface area contributed by atoms with Gasteiger partial charge in [0, 0.05) is 30.5 Å². The number of rotatable bonds is 9. The molecule has 2 heterocycles. The molecule has 2 atom stereocenters.